The Bertz CT molecular complexity index is 1260. The van der Waals surface area contributed by atoms with E-state index in [9.17, 15) is 29.7 Å². The second-order valence-corrected chi connectivity index (χ2v) is 13.3. The first kappa shape index (κ1) is 28.8. The lowest BCUT2D eigenvalue weighted by Gasteiger charge is -2.53. The number of fused-ring (bicyclic) bond motifs is 3. The van der Waals surface area contributed by atoms with E-state index in [0.29, 0.717) is 25.7 Å². The molecule has 40 heavy (non-hydrogen) atoms. The summed E-state index contributed by atoms with van der Waals surface area (Å²) in [6.07, 6.45) is 15.2. The minimum Gasteiger partial charge on any atom is -0.511 e. The maximum absolute atomic E-state index is 15.0. The molecule has 0 spiro atoms. The largest absolute Gasteiger partial charge is 0.511 e. The number of carboxylic acids is 1. The fraction of sp³-hybridized carbons (Fsp3) is 0.618. The average Bonchev–Trinajstić information content (AvgIpc) is 3.18. The Kier molecular flexibility index (Phi) is 7.39. The molecule has 0 saturated heterocycles. The number of hydrogen-bond donors (Lipinski definition) is 3. The summed E-state index contributed by atoms with van der Waals surface area (Å²) in [5, 5.41) is 33.3. The Morgan fingerprint density at radius 3 is 2.48 bits per heavy atom. The van der Waals surface area contributed by atoms with E-state index in [4.69, 9.17) is 0 Å². The molecule has 1 saturated carbocycles. The summed E-state index contributed by atoms with van der Waals surface area (Å²) in [5.41, 5.74) is -0.820. The van der Waals surface area contributed by atoms with Crippen LogP contribution in [0, 0.1) is 52.3 Å². The Hall–Kier alpha value is -2.73. The highest BCUT2D eigenvalue weighted by Crippen LogP contribution is 2.60. The molecular formula is C34H44O6. The molecule has 2 unspecified atom stereocenters. The molecule has 5 aliphatic carbocycles. The van der Waals surface area contributed by atoms with Gasteiger partial charge in [-0.15, -0.1) is 0 Å². The van der Waals surface area contributed by atoms with Crippen molar-refractivity contribution in [2.24, 2.45) is 52.3 Å². The van der Waals surface area contributed by atoms with Gasteiger partial charge in [-0.3, -0.25) is 9.59 Å². The first-order valence-corrected chi connectivity index (χ1v) is 15.1. The van der Waals surface area contributed by atoms with Gasteiger partial charge in [-0.2, -0.15) is 0 Å². The summed E-state index contributed by atoms with van der Waals surface area (Å²) >= 11 is 0. The lowest BCUT2D eigenvalue weighted by molar-refractivity contribution is -0.141. The number of aliphatic carboxylic acids is 1. The number of rotatable bonds is 3. The summed E-state index contributed by atoms with van der Waals surface area (Å²) in [6.45, 7) is 9.76. The minimum absolute atomic E-state index is 0.116. The van der Waals surface area contributed by atoms with E-state index in [1.165, 1.54) is 0 Å². The zero-order valence-electron chi connectivity index (χ0n) is 24.4. The van der Waals surface area contributed by atoms with Gasteiger partial charge < -0.3 is 15.3 Å². The minimum atomic E-state index is -1.06. The molecule has 216 valence electrons. The van der Waals surface area contributed by atoms with Crippen molar-refractivity contribution >= 4 is 17.5 Å². The molecule has 3 N–H and O–H groups in total. The van der Waals surface area contributed by atoms with Crippen molar-refractivity contribution in [1.29, 1.82) is 0 Å². The number of aliphatic hydroxyl groups is 2. The van der Waals surface area contributed by atoms with E-state index >= 15 is 0 Å². The molecule has 0 aromatic carbocycles. The molecule has 1 fully saturated rings. The highest BCUT2D eigenvalue weighted by Gasteiger charge is 2.62. The maximum Gasteiger partial charge on any atom is 0.331 e. The predicted octanol–water partition coefficient (Wildman–Crippen LogP) is 6.14. The average molecular weight is 549 g/mol. The van der Waals surface area contributed by atoms with Gasteiger partial charge in [0.15, 0.2) is 11.6 Å². The second kappa shape index (κ2) is 10.3. The number of ketones is 2. The van der Waals surface area contributed by atoms with Crippen LogP contribution in [0.2, 0.25) is 0 Å². The van der Waals surface area contributed by atoms with Crippen molar-refractivity contribution in [2.45, 2.75) is 79.2 Å². The van der Waals surface area contributed by atoms with E-state index in [1.807, 2.05) is 40.7 Å². The van der Waals surface area contributed by atoms with Gasteiger partial charge >= 0.3 is 5.97 Å². The molecule has 5 rings (SSSR count). The lowest BCUT2D eigenvalue weighted by Crippen LogP contribution is -2.54. The van der Waals surface area contributed by atoms with Gasteiger partial charge in [-0.05, 0) is 63.2 Å². The van der Waals surface area contributed by atoms with Crippen molar-refractivity contribution in [1.82, 2.24) is 0 Å². The van der Waals surface area contributed by atoms with Gasteiger partial charge in [0.25, 0.3) is 0 Å². The zero-order valence-corrected chi connectivity index (χ0v) is 24.4. The Morgan fingerprint density at radius 2 is 1.82 bits per heavy atom. The van der Waals surface area contributed by atoms with Crippen LogP contribution in [0.1, 0.15) is 73.1 Å². The Balaban J connectivity index is 1.75. The van der Waals surface area contributed by atoms with Gasteiger partial charge in [0, 0.05) is 40.1 Å². The van der Waals surface area contributed by atoms with E-state index in [0.717, 1.165) is 18.4 Å². The van der Waals surface area contributed by atoms with Crippen molar-refractivity contribution in [2.75, 3.05) is 0 Å². The van der Waals surface area contributed by atoms with Crippen LogP contribution >= 0.6 is 0 Å². The van der Waals surface area contributed by atoms with E-state index < -0.39 is 46.4 Å². The SMILES string of the molecule is CC[C@@H]1C(C(=O)O)=C[C@]2(C)/C=C(\C)C/C=C/C[C@@H]3C=C[C@@H]4[C@@H](O)[C@@H](C)CC[C@H]4[C@]3(CC)C(=O)C3=C(O)C2C1C3=O. The van der Waals surface area contributed by atoms with Gasteiger partial charge in [-0.1, -0.05) is 69.7 Å². The zero-order chi connectivity index (χ0) is 29.1. The first-order valence-electron chi connectivity index (χ1n) is 15.1. The fourth-order valence-corrected chi connectivity index (χ4v) is 9.27. The lowest BCUT2D eigenvalue weighted by atomic mass is 9.50. The van der Waals surface area contributed by atoms with Crippen LogP contribution in [-0.4, -0.2) is 39.0 Å². The number of carbonyl (C=O) groups excluding carboxylic acids is 2. The van der Waals surface area contributed by atoms with Crippen LogP contribution in [0.3, 0.4) is 0 Å². The van der Waals surface area contributed by atoms with Crippen LogP contribution in [0.4, 0.5) is 0 Å². The van der Waals surface area contributed by atoms with Crippen LogP contribution in [0.25, 0.3) is 0 Å². The fourth-order valence-electron chi connectivity index (χ4n) is 9.27. The number of aliphatic hydroxyl groups excluding tert-OH is 2. The van der Waals surface area contributed by atoms with Crippen LogP contribution < -0.4 is 0 Å². The van der Waals surface area contributed by atoms with Gasteiger partial charge in [-0.25, -0.2) is 4.79 Å². The number of allylic oxidation sites excluding steroid dienone is 8. The summed E-state index contributed by atoms with van der Waals surface area (Å²) in [5.74, 6) is -4.50. The predicted molar refractivity (Wildman–Crippen MR) is 153 cm³/mol. The number of Topliss-reactive ketones (excluding diaryl/α,β-unsaturated/α-hetero) is 2. The van der Waals surface area contributed by atoms with Crippen LogP contribution in [-0.2, 0) is 14.4 Å². The smallest absolute Gasteiger partial charge is 0.331 e. The molecule has 6 nitrogen and oxygen atoms in total. The molecule has 5 aliphatic rings. The number of carbonyl (C=O) groups is 3. The second-order valence-electron chi connectivity index (χ2n) is 13.3. The van der Waals surface area contributed by atoms with Crippen LogP contribution in [0.15, 0.2) is 58.9 Å². The quantitative estimate of drug-likeness (QED) is 0.288. The van der Waals surface area contributed by atoms with Gasteiger partial charge in [0.2, 0.25) is 0 Å². The molecule has 0 aliphatic heterocycles. The Morgan fingerprint density at radius 1 is 1.10 bits per heavy atom. The summed E-state index contributed by atoms with van der Waals surface area (Å²) in [6, 6.07) is 0. The molecule has 0 radical (unpaired) electrons. The van der Waals surface area contributed by atoms with Crippen molar-refractivity contribution < 1.29 is 29.7 Å². The molecular weight excluding hydrogens is 504 g/mol. The molecule has 0 aromatic rings. The van der Waals surface area contributed by atoms with Crippen molar-refractivity contribution in [3.63, 3.8) is 0 Å². The molecule has 6 heteroatoms. The monoisotopic (exact) mass is 548 g/mol. The van der Waals surface area contributed by atoms with Gasteiger partial charge in [0.05, 0.1) is 11.7 Å². The van der Waals surface area contributed by atoms with Crippen molar-refractivity contribution in [3.05, 3.63) is 58.9 Å². The third-order valence-corrected chi connectivity index (χ3v) is 11.2. The number of carboxylic acid groups (broad SMARTS) is 1. The molecule has 2 bridgehead atoms. The summed E-state index contributed by atoms with van der Waals surface area (Å²) in [7, 11) is 0. The normalized spacial score (nSPS) is 45.2. The highest BCUT2D eigenvalue weighted by atomic mass is 16.4. The third-order valence-electron chi connectivity index (χ3n) is 11.2. The van der Waals surface area contributed by atoms with Crippen molar-refractivity contribution in [3.8, 4) is 0 Å². The molecule has 0 aromatic heterocycles. The summed E-state index contributed by atoms with van der Waals surface area (Å²) in [4.78, 5) is 41.8. The van der Waals surface area contributed by atoms with Gasteiger partial charge in [0.1, 0.15) is 5.76 Å². The summed E-state index contributed by atoms with van der Waals surface area (Å²) < 4.78 is 0. The highest BCUT2D eigenvalue weighted by molar-refractivity contribution is 6.25. The first-order chi connectivity index (χ1) is 18.9. The third kappa shape index (κ3) is 4.04. The van der Waals surface area contributed by atoms with E-state index in [2.05, 4.69) is 24.3 Å². The Labute approximate surface area is 237 Å². The van der Waals surface area contributed by atoms with E-state index in [1.54, 1.807) is 6.08 Å². The molecule has 0 heterocycles. The molecule has 10 atom stereocenters. The molecule has 0 amide bonds. The standard InChI is InChI=1S/C34H44O6/c1-6-21-23(32(39)40)17-33(5)16-18(3)10-8-9-11-20-13-14-22-24(15-12-19(4)28(22)35)34(20,7-2)31(38)26-29(36)25(21)27(33)30(26)37/h8-9,13-14,16-17,19-22,24-25,27-28,35,37H,6-7,10-12,15H2,1-5H3,(H,39,40)/b9-8+,18-16+/t19-,20+,21+,22-,24+,25?,27?,28-,33-,34+/m0/s1. The van der Waals surface area contributed by atoms with E-state index in [-0.39, 0.29) is 46.4 Å². The topological polar surface area (TPSA) is 112 Å². The maximum atomic E-state index is 15.0. The number of hydrogen-bond acceptors (Lipinski definition) is 5. The van der Waals surface area contributed by atoms with Crippen LogP contribution in [0.5, 0.6) is 0 Å².